The van der Waals surface area contributed by atoms with Crippen LogP contribution in [0.15, 0.2) is 18.6 Å². The average Bonchev–Trinajstić information content (AvgIpc) is 2.68. The standard InChI is InChI=1S/C9H11N3O2/c13-9(14)7-3-6(4-12-7)8-5-10-1-2-11-8/h1-2,5-7,12H,3-4H2,(H,13,14). The molecule has 1 aromatic heterocycles. The summed E-state index contributed by atoms with van der Waals surface area (Å²) in [4.78, 5) is 18.8. The van der Waals surface area contributed by atoms with Gasteiger partial charge in [0.2, 0.25) is 0 Å². The van der Waals surface area contributed by atoms with Crippen LogP contribution < -0.4 is 5.32 Å². The molecule has 2 heterocycles. The molecule has 1 saturated heterocycles. The lowest BCUT2D eigenvalue weighted by atomic mass is 10.0. The second-order valence-electron chi connectivity index (χ2n) is 3.36. The Balaban J connectivity index is 2.06. The number of hydrogen-bond acceptors (Lipinski definition) is 4. The monoisotopic (exact) mass is 193 g/mol. The molecular weight excluding hydrogens is 182 g/mol. The van der Waals surface area contributed by atoms with Crippen molar-refractivity contribution < 1.29 is 9.90 Å². The Labute approximate surface area is 81.2 Å². The minimum atomic E-state index is -0.795. The summed E-state index contributed by atoms with van der Waals surface area (Å²) in [6.45, 7) is 0.662. The summed E-state index contributed by atoms with van der Waals surface area (Å²) >= 11 is 0. The van der Waals surface area contributed by atoms with E-state index >= 15 is 0 Å². The lowest BCUT2D eigenvalue weighted by Crippen LogP contribution is -2.29. The van der Waals surface area contributed by atoms with Crippen LogP contribution in [0.3, 0.4) is 0 Å². The van der Waals surface area contributed by atoms with E-state index in [-0.39, 0.29) is 5.92 Å². The number of carboxylic acids is 1. The van der Waals surface area contributed by atoms with Crippen molar-refractivity contribution in [3.8, 4) is 0 Å². The van der Waals surface area contributed by atoms with Gasteiger partial charge in [0.25, 0.3) is 0 Å². The Morgan fingerprint density at radius 1 is 1.57 bits per heavy atom. The maximum Gasteiger partial charge on any atom is 0.320 e. The van der Waals surface area contributed by atoms with Gasteiger partial charge in [0.1, 0.15) is 6.04 Å². The molecular formula is C9H11N3O2. The van der Waals surface area contributed by atoms with Gasteiger partial charge in [0, 0.05) is 31.1 Å². The number of nitrogens with one attached hydrogen (secondary N) is 1. The first-order chi connectivity index (χ1) is 6.77. The molecule has 0 spiro atoms. The fraction of sp³-hybridized carbons (Fsp3) is 0.444. The molecule has 2 unspecified atom stereocenters. The highest BCUT2D eigenvalue weighted by atomic mass is 16.4. The van der Waals surface area contributed by atoms with E-state index in [4.69, 9.17) is 5.11 Å². The highest BCUT2D eigenvalue weighted by molar-refractivity contribution is 5.74. The van der Waals surface area contributed by atoms with Gasteiger partial charge in [-0.1, -0.05) is 0 Å². The Morgan fingerprint density at radius 2 is 2.43 bits per heavy atom. The Kier molecular flexibility index (Phi) is 2.41. The van der Waals surface area contributed by atoms with Gasteiger partial charge in [-0.25, -0.2) is 0 Å². The summed E-state index contributed by atoms with van der Waals surface area (Å²) in [5.74, 6) is -0.624. The van der Waals surface area contributed by atoms with E-state index in [2.05, 4.69) is 15.3 Å². The number of aromatic nitrogens is 2. The third kappa shape index (κ3) is 1.72. The second-order valence-corrected chi connectivity index (χ2v) is 3.36. The molecule has 5 nitrogen and oxygen atoms in total. The van der Waals surface area contributed by atoms with Crippen LogP contribution in [0.2, 0.25) is 0 Å². The number of aliphatic carboxylic acids is 1. The molecule has 74 valence electrons. The topological polar surface area (TPSA) is 75.1 Å². The molecule has 14 heavy (non-hydrogen) atoms. The van der Waals surface area contributed by atoms with Crippen molar-refractivity contribution in [1.82, 2.24) is 15.3 Å². The molecule has 1 aromatic rings. The summed E-state index contributed by atoms with van der Waals surface area (Å²) in [5.41, 5.74) is 0.865. The van der Waals surface area contributed by atoms with E-state index in [9.17, 15) is 4.79 Å². The molecule has 0 bridgehead atoms. The molecule has 0 amide bonds. The van der Waals surface area contributed by atoms with Crippen LogP contribution >= 0.6 is 0 Å². The van der Waals surface area contributed by atoms with Crippen LogP contribution in [0.5, 0.6) is 0 Å². The summed E-state index contributed by atoms with van der Waals surface area (Å²) in [6.07, 6.45) is 5.52. The Bertz CT molecular complexity index is 328. The van der Waals surface area contributed by atoms with Crippen LogP contribution in [-0.2, 0) is 4.79 Å². The molecule has 2 atom stereocenters. The molecule has 0 aromatic carbocycles. The van der Waals surface area contributed by atoms with Gasteiger partial charge in [-0.3, -0.25) is 14.8 Å². The summed E-state index contributed by atoms with van der Waals surface area (Å²) in [5, 5.41) is 11.7. The SMILES string of the molecule is O=C(O)C1CC(c2cnccn2)CN1. The lowest BCUT2D eigenvalue weighted by molar-refractivity contribution is -0.139. The van der Waals surface area contributed by atoms with Gasteiger partial charge >= 0.3 is 5.97 Å². The fourth-order valence-corrected chi connectivity index (χ4v) is 1.67. The highest BCUT2D eigenvalue weighted by Gasteiger charge is 2.30. The normalized spacial score (nSPS) is 26.3. The fourth-order valence-electron chi connectivity index (χ4n) is 1.67. The van der Waals surface area contributed by atoms with Crippen molar-refractivity contribution in [3.63, 3.8) is 0 Å². The van der Waals surface area contributed by atoms with Crippen molar-refractivity contribution in [2.45, 2.75) is 18.4 Å². The van der Waals surface area contributed by atoms with E-state index < -0.39 is 12.0 Å². The largest absolute Gasteiger partial charge is 0.480 e. The third-order valence-electron chi connectivity index (χ3n) is 2.43. The molecule has 2 rings (SSSR count). The zero-order valence-electron chi connectivity index (χ0n) is 7.55. The molecule has 1 aliphatic rings. The molecule has 0 radical (unpaired) electrons. The third-order valence-corrected chi connectivity index (χ3v) is 2.43. The first-order valence-electron chi connectivity index (χ1n) is 4.49. The average molecular weight is 193 g/mol. The maximum absolute atomic E-state index is 10.7. The minimum Gasteiger partial charge on any atom is -0.480 e. The maximum atomic E-state index is 10.7. The van der Waals surface area contributed by atoms with E-state index in [1.807, 2.05) is 0 Å². The first kappa shape index (κ1) is 9.08. The van der Waals surface area contributed by atoms with Crippen LogP contribution in [0.1, 0.15) is 18.0 Å². The van der Waals surface area contributed by atoms with Crippen LogP contribution in [0.25, 0.3) is 0 Å². The van der Waals surface area contributed by atoms with Crippen molar-refractivity contribution in [1.29, 1.82) is 0 Å². The van der Waals surface area contributed by atoms with Gasteiger partial charge in [-0.15, -0.1) is 0 Å². The summed E-state index contributed by atoms with van der Waals surface area (Å²) in [6, 6.07) is -0.443. The van der Waals surface area contributed by atoms with Crippen LogP contribution in [-0.4, -0.2) is 33.6 Å². The van der Waals surface area contributed by atoms with Gasteiger partial charge in [-0.2, -0.15) is 0 Å². The zero-order chi connectivity index (χ0) is 9.97. The minimum absolute atomic E-state index is 0.171. The smallest absolute Gasteiger partial charge is 0.320 e. The zero-order valence-corrected chi connectivity index (χ0v) is 7.55. The molecule has 0 aliphatic carbocycles. The van der Waals surface area contributed by atoms with E-state index in [0.29, 0.717) is 13.0 Å². The predicted molar refractivity (Wildman–Crippen MR) is 48.8 cm³/mol. The molecule has 1 fully saturated rings. The molecule has 1 aliphatic heterocycles. The summed E-state index contributed by atoms with van der Waals surface area (Å²) in [7, 11) is 0. The Morgan fingerprint density at radius 3 is 3.00 bits per heavy atom. The van der Waals surface area contributed by atoms with Crippen molar-refractivity contribution in [2.24, 2.45) is 0 Å². The van der Waals surface area contributed by atoms with Gasteiger partial charge in [0.05, 0.1) is 5.69 Å². The second kappa shape index (κ2) is 3.71. The highest BCUT2D eigenvalue weighted by Crippen LogP contribution is 2.23. The lowest BCUT2D eigenvalue weighted by Gasteiger charge is -2.05. The number of carbonyl (C=O) groups is 1. The quantitative estimate of drug-likeness (QED) is 0.691. The number of carboxylic acid groups (broad SMARTS) is 1. The van der Waals surface area contributed by atoms with Crippen molar-refractivity contribution in [2.75, 3.05) is 6.54 Å². The molecule has 5 heteroatoms. The number of rotatable bonds is 2. The first-order valence-corrected chi connectivity index (χ1v) is 4.49. The van der Waals surface area contributed by atoms with Gasteiger partial charge in [0.15, 0.2) is 0 Å². The van der Waals surface area contributed by atoms with E-state index in [1.54, 1.807) is 18.6 Å². The van der Waals surface area contributed by atoms with E-state index in [0.717, 1.165) is 5.69 Å². The Hall–Kier alpha value is -1.49. The molecule has 0 saturated carbocycles. The number of hydrogen-bond donors (Lipinski definition) is 2. The van der Waals surface area contributed by atoms with Crippen molar-refractivity contribution in [3.05, 3.63) is 24.3 Å². The van der Waals surface area contributed by atoms with Gasteiger partial charge < -0.3 is 10.4 Å². The van der Waals surface area contributed by atoms with Crippen LogP contribution in [0.4, 0.5) is 0 Å². The summed E-state index contributed by atoms with van der Waals surface area (Å²) < 4.78 is 0. The van der Waals surface area contributed by atoms with Gasteiger partial charge in [-0.05, 0) is 6.42 Å². The van der Waals surface area contributed by atoms with Crippen molar-refractivity contribution >= 4 is 5.97 Å². The van der Waals surface area contributed by atoms with Crippen LogP contribution in [0, 0.1) is 0 Å². The van der Waals surface area contributed by atoms with E-state index in [1.165, 1.54) is 0 Å². The number of nitrogens with zero attached hydrogens (tertiary/aromatic N) is 2. The predicted octanol–water partition coefficient (Wildman–Crippen LogP) is 0.00670. The molecule has 2 N–H and O–H groups in total.